The van der Waals surface area contributed by atoms with E-state index in [1.807, 2.05) is 24.3 Å². The lowest BCUT2D eigenvalue weighted by Gasteiger charge is -2.38. The van der Waals surface area contributed by atoms with Crippen LogP contribution < -0.4 is 9.47 Å². The molecule has 2 fully saturated rings. The van der Waals surface area contributed by atoms with E-state index in [-0.39, 0.29) is 10.8 Å². The van der Waals surface area contributed by atoms with Crippen molar-refractivity contribution in [3.8, 4) is 11.5 Å². The molecule has 20 heavy (non-hydrogen) atoms. The van der Waals surface area contributed by atoms with Crippen LogP contribution in [0.15, 0.2) is 24.3 Å². The predicted molar refractivity (Wildman–Crippen MR) is 75.3 cm³/mol. The van der Waals surface area contributed by atoms with E-state index in [1.165, 1.54) is 0 Å². The Kier molecular flexibility index (Phi) is 3.61. The summed E-state index contributed by atoms with van der Waals surface area (Å²) in [5.41, 5.74) is 0.280. The molecule has 4 nitrogen and oxygen atoms in total. The van der Waals surface area contributed by atoms with Gasteiger partial charge in [0.2, 0.25) is 0 Å². The third kappa shape index (κ3) is 2.91. The molecule has 2 aliphatic rings. The number of hydrogen-bond donors (Lipinski definition) is 0. The van der Waals surface area contributed by atoms with Crippen LogP contribution >= 0.6 is 0 Å². The second-order valence-electron chi connectivity index (χ2n) is 6.63. The highest BCUT2D eigenvalue weighted by atomic mass is 16.5. The van der Waals surface area contributed by atoms with Crippen molar-refractivity contribution in [2.75, 3.05) is 39.6 Å². The van der Waals surface area contributed by atoms with Gasteiger partial charge in [0.1, 0.15) is 0 Å². The highest BCUT2D eigenvalue weighted by molar-refractivity contribution is 5.39. The Morgan fingerprint density at radius 1 is 0.850 bits per heavy atom. The van der Waals surface area contributed by atoms with Crippen LogP contribution in [0.25, 0.3) is 0 Å². The van der Waals surface area contributed by atoms with Gasteiger partial charge >= 0.3 is 0 Å². The van der Waals surface area contributed by atoms with Crippen LogP contribution in [0.1, 0.15) is 13.8 Å². The molecule has 4 heteroatoms. The van der Waals surface area contributed by atoms with Crippen molar-refractivity contribution in [3.63, 3.8) is 0 Å². The molecule has 0 amide bonds. The summed E-state index contributed by atoms with van der Waals surface area (Å²) in [5, 5.41) is 0. The number of rotatable bonds is 6. The van der Waals surface area contributed by atoms with E-state index in [2.05, 4.69) is 13.8 Å². The Balaban J connectivity index is 1.58. The van der Waals surface area contributed by atoms with E-state index in [1.54, 1.807) is 0 Å². The molecule has 1 aromatic rings. The van der Waals surface area contributed by atoms with Crippen molar-refractivity contribution in [2.24, 2.45) is 10.8 Å². The van der Waals surface area contributed by atoms with E-state index in [4.69, 9.17) is 18.9 Å². The van der Waals surface area contributed by atoms with Gasteiger partial charge in [0, 0.05) is 10.8 Å². The molecular weight excluding hydrogens is 256 g/mol. The fourth-order valence-electron chi connectivity index (χ4n) is 2.26. The van der Waals surface area contributed by atoms with Gasteiger partial charge in [-0.15, -0.1) is 0 Å². The summed E-state index contributed by atoms with van der Waals surface area (Å²) in [6.07, 6.45) is 0. The van der Waals surface area contributed by atoms with Gasteiger partial charge in [0.25, 0.3) is 0 Å². The van der Waals surface area contributed by atoms with Crippen molar-refractivity contribution in [2.45, 2.75) is 13.8 Å². The summed E-state index contributed by atoms with van der Waals surface area (Å²) in [7, 11) is 0. The lowest BCUT2D eigenvalue weighted by molar-refractivity contribution is -0.123. The predicted octanol–water partition coefficient (Wildman–Crippen LogP) is 2.52. The molecule has 3 rings (SSSR count). The molecule has 110 valence electrons. The first-order valence-electron chi connectivity index (χ1n) is 7.09. The largest absolute Gasteiger partial charge is 0.489 e. The van der Waals surface area contributed by atoms with Gasteiger partial charge < -0.3 is 18.9 Å². The standard InChI is InChI=1S/C16H22O4/c1-15(7-17-8-15)11-19-13-5-3-4-6-14(13)20-12-16(2)9-18-10-16/h3-6H,7-12H2,1-2H3. The van der Waals surface area contributed by atoms with Crippen molar-refractivity contribution in [3.05, 3.63) is 24.3 Å². The summed E-state index contributed by atoms with van der Waals surface area (Å²) >= 11 is 0. The van der Waals surface area contributed by atoms with Crippen LogP contribution in [0.2, 0.25) is 0 Å². The molecule has 0 unspecified atom stereocenters. The molecule has 0 N–H and O–H groups in total. The highest BCUT2D eigenvalue weighted by Gasteiger charge is 2.35. The van der Waals surface area contributed by atoms with Crippen molar-refractivity contribution < 1.29 is 18.9 Å². The van der Waals surface area contributed by atoms with E-state index >= 15 is 0 Å². The van der Waals surface area contributed by atoms with Gasteiger partial charge in [0.15, 0.2) is 11.5 Å². The molecule has 0 bridgehead atoms. The average Bonchev–Trinajstić information content (AvgIpc) is 2.39. The summed E-state index contributed by atoms with van der Waals surface area (Å²) < 4.78 is 22.3. The van der Waals surface area contributed by atoms with Crippen LogP contribution in [-0.4, -0.2) is 39.6 Å². The molecule has 0 aliphatic carbocycles. The Morgan fingerprint density at radius 3 is 1.55 bits per heavy atom. The zero-order valence-corrected chi connectivity index (χ0v) is 12.2. The number of para-hydroxylation sites is 2. The molecule has 1 aromatic carbocycles. The molecule has 2 saturated heterocycles. The Hall–Kier alpha value is -1.26. The molecule has 0 aromatic heterocycles. The topological polar surface area (TPSA) is 36.9 Å². The maximum absolute atomic E-state index is 5.92. The minimum atomic E-state index is 0.140. The van der Waals surface area contributed by atoms with E-state index in [9.17, 15) is 0 Å². The van der Waals surface area contributed by atoms with Crippen LogP contribution in [0.4, 0.5) is 0 Å². The molecule has 0 radical (unpaired) electrons. The molecule has 0 atom stereocenters. The van der Waals surface area contributed by atoms with Crippen molar-refractivity contribution in [1.82, 2.24) is 0 Å². The average molecular weight is 278 g/mol. The van der Waals surface area contributed by atoms with E-state index in [0.29, 0.717) is 13.2 Å². The van der Waals surface area contributed by atoms with E-state index < -0.39 is 0 Å². The maximum atomic E-state index is 5.92. The Morgan fingerprint density at radius 2 is 1.25 bits per heavy atom. The second kappa shape index (κ2) is 5.26. The quantitative estimate of drug-likeness (QED) is 0.801. The zero-order chi connectivity index (χ0) is 14.1. The molecule has 2 aliphatic heterocycles. The summed E-state index contributed by atoms with van der Waals surface area (Å²) in [6.45, 7) is 8.74. The zero-order valence-electron chi connectivity index (χ0n) is 12.2. The highest BCUT2D eigenvalue weighted by Crippen LogP contribution is 2.34. The summed E-state index contributed by atoms with van der Waals surface area (Å²) in [6, 6.07) is 7.85. The Labute approximate surface area is 120 Å². The van der Waals surface area contributed by atoms with Crippen LogP contribution in [-0.2, 0) is 9.47 Å². The molecule has 0 saturated carbocycles. The first-order valence-corrected chi connectivity index (χ1v) is 7.09. The SMILES string of the molecule is CC1(COc2ccccc2OCC2(C)COC2)COC1. The second-order valence-corrected chi connectivity index (χ2v) is 6.63. The molecular formula is C16H22O4. The molecule has 0 spiro atoms. The monoisotopic (exact) mass is 278 g/mol. The van der Waals surface area contributed by atoms with Crippen LogP contribution in [0.3, 0.4) is 0 Å². The van der Waals surface area contributed by atoms with Gasteiger partial charge in [-0.2, -0.15) is 0 Å². The van der Waals surface area contributed by atoms with Crippen molar-refractivity contribution in [1.29, 1.82) is 0 Å². The van der Waals surface area contributed by atoms with Gasteiger partial charge in [-0.3, -0.25) is 0 Å². The third-order valence-electron chi connectivity index (χ3n) is 3.80. The van der Waals surface area contributed by atoms with Gasteiger partial charge in [0.05, 0.1) is 39.6 Å². The van der Waals surface area contributed by atoms with Crippen molar-refractivity contribution >= 4 is 0 Å². The fraction of sp³-hybridized carbons (Fsp3) is 0.625. The normalized spacial score (nSPS) is 22.5. The number of benzene rings is 1. The number of ether oxygens (including phenoxy) is 4. The smallest absolute Gasteiger partial charge is 0.161 e. The first-order chi connectivity index (χ1) is 9.59. The maximum Gasteiger partial charge on any atom is 0.161 e. The first kappa shape index (κ1) is 13.7. The number of hydrogen-bond acceptors (Lipinski definition) is 4. The minimum Gasteiger partial charge on any atom is -0.489 e. The fourth-order valence-corrected chi connectivity index (χ4v) is 2.26. The lowest BCUT2D eigenvalue weighted by atomic mass is 9.90. The van der Waals surface area contributed by atoms with Gasteiger partial charge in [-0.25, -0.2) is 0 Å². The van der Waals surface area contributed by atoms with Crippen LogP contribution in [0.5, 0.6) is 11.5 Å². The minimum absolute atomic E-state index is 0.140. The molecule has 2 heterocycles. The summed E-state index contributed by atoms with van der Waals surface area (Å²) in [5.74, 6) is 1.62. The van der Waals surface area contributed by atoms with Gasteiger partial charge in [-0.1, -0.05) is 26.0 Å². The summed E-state index contributed by atoms with van der Waals surface area (Å²) in [4.78, 5) is 0. The lowest BCUT2D eigenvalue weighted by Crippen LogP contribution is -2.45. The van der Waals surface area contributed by atoms with Gasteiger partial charge in [-0.05, 0) is 12.1 Å². The third-order valence-corrected chi connectivity index (χ3v) is 3.80. The van der Waals surface area contributed by atoms with Crippen LogP contribution in [0, 0.1) is 10.8 Å². The Bertz CT molecular complexity index is 420. The van der Waals surface area contributed by atoms with E-state index in [0.717, 1.165) is 37.9 Å².